The molecule has 1 heterocycles. The molecule has 210 valence electrons. The molecular formula is C31H31F3N2O3S. The molecule has 0 saturated carbocycles. The minimum absolute atomic E-state index is 0.519. The smallest absolute Gasteiger partial charge is 0.416 e. The van der Waals surface area contributed by atoms with Crippen molar-refractivity contribution in [3.05, 3.63) is 106 Å². The fourth-order valence-electron chi connectivity index (χ4n) is 4.21. The van der Waals surface area contributed by atoms with Gasteiger partial charge in [-0.1, -0.05) is 54.6 Å². The number of carboxylic acids is 1. The van der Waals surface area contributed by atoms with E-state index in [4.69, 9.17) is 4.74 Å². The average Bonchev–Trinajstić information content (AvgIpc) is 3.25. The predicted molar refractivity (Wildman–Crippen MR) is 150 cm³/mol. The zero-order chi connectivity index (χ0) is 29.1. The van der Waals surface area contributed by atoms with Crippen molar-refractivity contribution in [1.29, 1.82) is 0 Å². The molecule has 3 aromatic carbocycles. The van der Waals surface area contributed by atoms with E-state index in [9.17, 15) is 23.1 Å². The number of halogens is 3. The van der Waals surface area contributed by atoms with E-state index in [2.05, 4.69) is 22.0 Å². The van der Waals surface area contributed by atoms with Crippen LogP contribution in [0.1, 0.15) is 46.7 Å². The number of aromatic nitrogens is 1. The minimum Gasteiger partial charge on any atom is -0.478 e. The van der Waals surface area contributed by atoms with Crippen molar-refractivity contribution >= 4 is 17.3 Å². The molecular weight excluding hydrogens is 537 g/mol. The van der Waals surface area contributed by atoms with Gasteiger partial charge in [-0.05, 0) is 62.6 Å². The summed E-state index contributed by atoms with van der Waals surface area (Å²) in [5.74, 6) is -0.522. The molecule has 0 bridgehead atoms. The number of ether oxygens (including phenoxy) is 1. The van der Waals surface area contributed by atoms with Gasteiger partial charge in [-0.3, -0.25) is 4.90 Å². The average molecular weight is 569 g/mol. The molecule has 4 rings (SSSR count). The number of carboxylic acid groups (broad SMARTS) is 1. The lowest BCUT2D eigenvalue weighted by molar-refractivity contribution is -0.152. The Hall–Kier alpha value is -3.69. The molecule has 0 unspecified atom stereocenters. The fourth-order valence-corrected chi connectivity index (χ4v) is 5.32. The molecule has 5 nitrogen and oxygen atoms in total. The number of hydrogen-bond donors (Lipinski definition) is 1. The number of thiazole rings is 1. The molecule has 0 aliphatic carbocycles. The maximum Gasteiger partial charge on any atom is 0.416 e. The molecule has 40 heavy (non-hydrogen) atoms. The zero-order valence-electron chi connectivity index (χ0n) is 22.7. The minimum atomic E-state index is -4.38. The summed E-state index contributed by atoms with van der Waals surface area (Å²) in [6, 6.07) is 20.9. The van der Waals surface area contributed by atoms with Crippen molar-refractivity contribution in [2.24, 2.45) is 0 Å². The van der Waals surface area contributed by atoms with Crippen LogP contribution in [0.3, 0.4) is 0 Å². The Morgan fingerprint density at radius 2 is 1.57 bits per heavy atom. The molecule has 0 atom stereocenters. The van der Waals surface area contributed by atoms with Crippen LogP contribution >= 0.6 is 11.3 Å². The van der Waals surface area contributed by atoms with Crippen LogP contribution in [0.15, 0.2) is 72.8 Å². The Morgan fingerprint density at radius 1 is 0.925 bits per heavy atom. The predicted octanol–water partition coefficient (Wildman–Crippen LogP) is 7.89. The second kappa shape index (κ2) is 11.8. The zero-order valence-corrected chi connectivity index (χ0v) is 23.6. The molecule has 0 aliphatic heterocycles. The monoisotopic (exact) mass is 568 g/mol. The van der Waals surface area contributed by atoms with E-state index >= 15 is 0 Å². The summed E-state index contributed by atoms with van der Waals surface area (Å²) in [5, 5.41) is 10.1. The first-order valence-corrected chi connectivity index (χ1v) is 13.6. The highest BCUT2D eigenvalue weighted by Crippen LogP contribution is 2.34. The quantitative estimate of drug-likeness (QED) is 0.211. The van der Waals surface area contributed by atoms with Crippen molar-refractivity contribution in [3.63, 3.8) is 0 Å². The first-order valence-electron chi connectivity index (χ1n) is 12.7. The van der Waals surface area contributed by atoms with Gasteiger partial charge in [0.05, 0.1) is 11.3 Å². The van der Waals surface area contributed by atoms with E-state index < -0.39 is 23.3 Å². The highest BCUT2D eigenvalue weighted by molar-refractivity contribution is 7.15. The van der Waals surface area contributed by atoms with Crippen LogP contribution in [0.4, 0.5) is 13.2 Å². The lowest BCUT2D eigenvalue weighted by Gasteiger charge is -2.25. The number of aliphatic carboxylic acids is 1. The van der Waals surface area contributed by atoms with Gasteiger partial charge in [0, 0.05) is 30.1 Å². The van der Waals surface area contributed by atoms with Gasteiger partial charge in [-0.15, -0.1) is 11.3 Å². The number of benzene rings is 3. The molecule has 0 radical (unpaired) electrons. The first kappa shape index (κ1) is 29.3. The van der Waals surface area contributed by atoms with Crippen LogP contribution in [0.5, 0.6) is 5.75 Å². The van der Waals surface area contributed by atoms with E-state index in [0.29, 0.717) is 36.0 Å². The largest absolute Gasteiger partial charge is 0.478 e. The molecule has 4 aromatic rings. The van der Waals surface area contributed by atoms with Crippen molar-refractivity contribution < 1.29 is 27.8 Å². The summed E-state index contributed by atoms with van der Waals surface area (Å²) in [6.45, 7) is 8.73. The summed E-state index contributed by atoms with van der Waals surface area (Å²) in [4.78, 5) is 19.5. The summed E-state index contributed by atoms with van der Waals surface area (Å²) in [5.41, 5.74) is 2.49. The second-order valence-electron chi connectivity index (χ2n) is 10.3. The van der Waals surface area contributed by atoms with Crippen molar-refractivity contribution in [1.82, 2.24) is 9.88 Å². The van der Waals surface area contributed by atoms with Gasteiger partial charge < -0.3 is 9.84 Å². The summed E-state index contributed by atoms with van der Waals surface area (Å²) < 4.78 is 44.7. The maximum atomic E-state index is 13.0. The van der Waals surface area contributed by atoms with Gasteiger partial charge in [0.15, 0.2) is 5.60 Å². The molecule has 9 heteroatoms. The Labute approximate surface area is 235 Å². The van der Waals surface area contributed by atoms with Gasteiger partial charge in [0.2, 0.25) is 0 Å². The Bertz CT molecular complexity index is 1470. The van der Waals surface area contributed by atoms with Gasteiger partial charge >= 0.3 is 12.1 Å². The summed E-state index contributed by atoms with van der Waals surface area (Å²) >= 11 is 1.48. The van der Waals surface area contributed by atoms with E-state index in [1.807, 2.05) is 44.2 Å². The van der Waals surface area contributed by atoms with E-state index in [1.165, 1.54) is 37.3 Å². The molecule has 0 fully saturated rings. The van der Waals surface area contributed by atoms with E-state index in [-0.39, 0.29) is 0 Å². The van der Waals surface area contributed by atoms with Crippen LogP contribution in [0.2, 0.25) is 0 Å². The molecule has 1 aromatic heterocycles. The van der Waals surface area contributed by atoms with E-state index in [0.717, 1.165) is 39.4 Å². The second-order valence-corrected chi connectivity index (χ2v) is 11.3. The van der Waals surface area contributed by atoms with Gasteiger partial charge in [0.1, 0.15) is 10.8 Å². The maximum absolute atomic E-state index is 13.0. The summed E-state index contributed by atoms with van der Waals surface area (Å²) in [7, 11) is 0. The number of rotatable bonds is 10. The van der Waals surface area contributed by atoms with Crippen LogP contribution in [-0.2, 0) is 30.6 Å². The fraction of sp³-hybridized carbons (Fsp3) is 0.290. The number of aryl methyl sites for hydroxylation is 2. The van der Waals surface area contributed by atoms with Gasteiger partial charge in [-0.25, -0.2) is 9.78 Å². The molecule has 0 saturated heterocycles. The topological polar surface area (TPSA) is 62.7 Å². The van der Waals surface area contributed by atoms with Gasteiger partial charge in [0.25, 0.3) is 0 Å². The highest BCUT2D eigenvalue weighted by atomic mass is 32.1. The number of carbonyl (C=O) groups is 1. The summed E-state index contributed by atoms with van der Waals surface area (Å²) in [6.07, 6.45) is -4.38. The molecule has 0 aliphatic rings. The third-order valence-electron chi connectivity index (χ3n) is 6.49. The highest BCUT2D eigenvalue weighted by Gasteiger charge is 2.31. The standard InChI is InChI=1S/C31H31F3N2O3S/c1-20-16-23(10-15-26(20)39-30(3,4)29(37)38)18-36(17-22-8-6-5-7-9-22)19-27-21(2)35-28(40-27)24-11-13-25(14-12-24)31(32,33)34/h5-16H,17-19H2,1-4H3,(H,37,38). The number of hydrogen-bond acceptors (Lipinski definition) is 5. The van der Waals surface area contributed by atoms with Crippen molar-refractivity contribution in [2.75, 3.05) is 0 Å². The van der Waals surface area contributed by atoms with Crippen LogP contribution in [-0.4, -0.2) is 26.6 Å². The van der Waals surface area contributed by atoms with Gasteiger partial charge in [-0.2, -0.15) is 13.2 Å². The Morgan fingerprint density at radius 3 is 2.17 bits per heavy atom. The van der Waals surface area contributed by atoms with Crippen molar-refractivity contribution in [2.45, 2.75) is 59.1 Å². The normalized spacial score (nSPS) is 12.1. The Kier molecular flexibility index (Phi) is 8.65. The number of nitrogens with zero attached hydrogens (tertiary/aromatic N) is 2. The first-order chi connectivity index (χ1) is 18.8. The van der Waals surface area contributed by atoms with Crippen LogP contribution in [0.25, 0.3) is 10.6 Å². The lowest BCUT2D eigenvalue weighted by atomic mass is 10.1. The molecule has 1 N–H and O–H groups in total. The van der Waals surface area contributed by atoms with Crippen LogP contribution < -0.4 is 4.74 Å². The Balaban J connectivity index is 1.56. The SMILES string of the molecule is Cc1cc(CN(Cc2ccccc2)Cc2sc(-c3ccc(C(F)(F)F)cc3)nc2C)ccc1OC(C)(C)C(=O)O. The van der Waals surface area contributed by atoms with E-state index in [1.54, 1.807) is 6.07 Å². The third kappa shape index (κ3) is 7.28. The molecule has 0 spiro atoms. The number of alkyl halides is 3. The molecule has 0 amide bonds. The van der Waals surface area contributed by atoms with Crippen LogP contribution in [0, 0.1) is 13.8 Å². The third-order valence-corrected chi connectivity index (χ3v) is 7.68. The van der Waals surface area contributed by atoms with Crippen molar-refractivity contribution in [3.8, 4) is 16.3 Å². The lowest BCUT2D eigenvalue weighted by Crippen LogP contribution is -2.38.